The molecule has 0 aliphatic carbocycles. The van der Waals surface area contributed by atoms with Crippen molar-refractivity contribution >= 4 is 11.6 Å². The largest absolute Gasteiger partial charge is 0.416 e. The summed E-state index contributed by atoms with van der Waals surface area (Å²) in [6.45, 7) is 3.05. The van der Waals surface area contributed by atoms with Gasteiger partial charge in [-0.3, -0.25) is 14.8 Å². The fraction of sp³-hybridized carbons (Fsp3) is 0.280. The Morgan fingerprint density at radius 1 is 1.15 bits per heavy atom. The Balaban J connectivity index is 1.60. The van der Waals surface area contributed by atoms with E-state index < -0.39 is 17.6 Å². The maximum Gasteiger partial charge on any atom is 0.416 e. The lowest BCUT2D eigenvalue weighted by Gasteiger charge is -2.22. The van der Waals surface area contributed by atoms with Crippen LogP contribution in [-0.2, 0) is 10.9 Å². The SMILES string of the molecule is Cc1ncc(NC(=O)c2cccc(C(F)(F)F)c2)cc1-c1cnc(C2CCOCC2)c(C#N)c1. The van der Waals surface area contributed by atoms with E-state index in [1.165, 1.54) is 18.3 Å². The topological polar surface area (TPSA) is 87.9 Å². The van der Waals surface area contributed by atoms with Crippen LogP contribution in [0.15, 0.2) is 48.8 Å². The van der Waals surface area contributed by atoms with Crippen LogP contribution < -0.4 is 5.32 Å². The van der Waals surface area contributed by atoms with Crippen molar-refractivity contribution in [1.82, 2.24) is 9.97 Å². The smallest absolute Gasteiger partial charge is 0.381 e. The molecule has 9 heteroatoms. The van der Waals surface area contributed by atoms with Gasteiger partial charge in [-0.05, 0) is 50.1 Å². The molecule has 6 nitrogen and oxygen atoms in total. The molecule has 0 radical (unpaired) electrons. The van der Waals surface area contributed by atoms with Gasteiger partial charge in [0.05, 0.1) is 28.7 Å². The fourth-order valence-electron chi connectivity index (χ4n) is 3.94. The molecular weight excluding hydrogens is 445 g/mol. The molecule has 1 fully saturated rings. The summed E-state index contributed by atoms with van der Waals surface area (Å²) in [6, 6.07) is 9.85. The molecule has 3 aromatic rings. The van der Waals surface area contributed by atoms with E-state index in [4.69, 9.17) is 4.74 Å². The zero-order valence-corrected chi connectivity index (χ0v) is 18.3. The van der Waals surface area contributed by atoms with Crippen LogP contribution in [0.4, 0.5) is 18.9 Å². The van der Waals surface area contributed by atoms with E-state index >= 15 is 0 Å². The lowest BCUT2D eigenvalue weighted by atomic mass is 9.91. The van der Waals surface area contributed by atoms with E-state index in [0.717, 1.165) is 30.7 Å². The molecule has 3 heterocycles. The fourth-order valence-corrected chi connectivity index (χ4v) is 3.94. The minimum absolute atomic E-state index is 0.119. The average Bonchev–Trinajstić information content (AvgIpc) is 2.85. The lowest BCUT2D eigenvalue weighted by Crippen LogP contribution is -2.16. The number of hydrogen-bond donors (Lipinski definition) is 1. The Morgan fingerprint density at radius 2 is 1.91 bits per heavy atom. The maximum atomic E-state index is 13.0. The van der Waals surface area contributed by atoms with Gasteiger partial charge in [-0.15, -0.1) is 0 Å². The number of rotatable bonds is 4. The van der Waals surface area contributed by atoms with Crippen molar-refractivity contribution in [2.24, 2.45) is 0 Å². The number of benzene rings is 1. The summed E-state index contributed by atoms with van der Waals surface area (Å²) in [5.41, 5.74) is 2.48. The van der Waals surface area contributed by atoms with Gasteiger partial charge in [0.2, 0.25) is 0 Å². The van der Waals surface area contributed by atoms with Gasteiger partial charge in [-0.2, -0.15) is 18.4 Å². The molecule has 0 atom stereocenters. The number of ether oxygens (including phenoxy) is 1. The molecule has 0 spiro atoms. The Morgan fingerprint density at radius 3 is 2.62 bits per heavy atom. The van der Waals surface area contributed by atoms with E-state index in [1.807, 2.05) is 0 Å². The van der Waals surface area contributed by atoms with E-state index in [9.17, 15) is 23.2 Å². The van der Waals surface area contributed by atoms with E-state index in [0.29, 0.717) is 41.3 Å². The highest BCUT2D eigenvalue weighted by molar-refractivity contribution is 6.04. The predicted octanol–water partition coefficient (Wildman–Crippen LogP) is 5.49. The molecule has 1 aliphatic rings. The second-order valence-electron chi connectivity index (χ2n) is 8.04. The summed E-state index contributed by atoms with van der Waals surface area (Å²) in [4.78, 5) is 21.4. The number of carbonyl (C=O) groups excluding carboxylic acids is 1. The molecule has 0 unspecified atom stereocenters. The Labute approximate surface area is 194 Å². The monoisotopic (exact) mass is 466 g/mol. The molecule has 1 N–H and O–H groups in total. The van der Waals surface area contributed by atoms with E-state index in [-0.39, 0.29) is 11.5 Å². The van der Waals surface area contributed by atoms with E-state index in [1.54, 1.807) is 25.3 Å². The summed E-state index contributed by atoms with van der Waals surface area (Å²) in [6.07, 6.45) is 0.169. The number of nitrogens with zero attached hydrogens (tertiary/aromatic N) is 3. The van der Waals surface area contributed by atoms with Crippen molar-refractivity contribution in [1.29, 1.82) is 5.26 Å². The van der Waals surface area contributed by atoms with Crippen molar-refractivity contribution < 1.29 is 22.7 Å². The number of nitrogens with one attached hydrogen (secondary N) is 1. The molecule has 1 saturated heterocycles. The third-order valence-corrected chi connectivity index (χ3v) is 5.75. The van der Waals surface area contributed by atoms with Crippen molar-refractivity contribution in [2.75, 3.05) is 18.5 Å². The van der Waals surface area contributed by atoms with Crippen LogP contribution in [0.3, 0.4) is 0 Å². The maximum absolute atomic E-state index is 13.0. The minimum Gasteiger partial charge on any atom is -0.381 e. The molecule has 1 aromatic carbocycles. The standard InChI is InChI=1S/C25H21F3N4O2/c1-15-22(19-9-18(12-29)23(31-13-19)16-5-7-34-8-6-16)11-21(14-30-15)32-24(33)17-3-2-4-20(10-17)25(26,27)28/h2-4,9-11,13-14,16H,5-8H2,1H3,(H,32,33). The van der Waals surface area contributed by atoms with Crippen molar-refractivity contribution in [3.8, 4) is 17.2 Å². The van der Waals surface area contributed by atoms with Gasteiger partial charge in [0.15, 0.2) is 0 Å². The third-order valence-electron chi connectivity index (χ3n) is 5.75. The van der Waals surface area contributed by atoms with Gasteiger partial charge in [0.1, 0.15) is 6.07 Å². The first-order valence-electron chi connectivity index (χ1n) is 10.7. The molecule has 2 aromatic heterocycles. The van der Waals surface area contributed by atoms with Crippen LogP contribution in [0.25, 0.3) is 11.1 Å². The Bertz CT molecular complexity index is 1260. The first-order valence-corrected chi connectivity index (χ1v) is 10.7. The van der Waals surface area contributed by atoms with Crippen molar-refractivity contribution in [2.45, 2.75) is 31.9 Å². The van der Waals surface area contributed by atoms with Gasteiger partial charge < -0.3 is 10.1 Å². The number of nitriles is 1. The molecule has 0 bridgehead atoms. The molecular formula is C25H21F3N4O2. The molecule has 1 amide bonds. The summed E-state index contributed by atoms with van der Waals surface area (Å²) in [5, 5.41) is 12.3. The van der Waals surface area contributed by atoms with Gasteiger partial charge in [0, 0.05) is 47.7 Å². The molecule has 34 heavy (non-hydrogen) atoms. The average molecular weight is 466 g/mol. The van der Waals surface area contributed by atoms with E-state index in [2.05, 4.69) is 21.4 Å². The normalized spacial score (nSPS) is 14.4. The van der Waals surface area contributed by atoms with Crippen molar-refractivity contribution in [3.63, 3.8) is 0 Å². The number of hydrogen-bond acceptors (Lipinski definition) is 5. The van der Waals surface area contributed by atoms with Gasteiger partial charge in [-0.1, -0.05) is 6.07 Å². The quantitative estimate of drug-likeness (QED) is 0.549. The number of anilines is 1. The van der Waals surface area contributed by atoms with Crippen LogP contribution >= 0.6 is 0 Å². The zero-order chi connectivity index (χ0) is 24.3. The van der Waals surface area contributed by atoms with Crippen LogP contribution in [0, 0.1) is 18.3 Å². The molecule has 0 saturated carbocycles. The van der Waals surface area contributed by atoms with Crippen molar-refractivity contribution in [3.05, 3.63) is 76.9 Å². The number of pyridine rings is 2. The number of halogens is 3. The van der Waals surface area contributed by atoms with Crippen LogP contribution in [0.1, 0.15) is 51.6 Å². The third kappa shape index (κ3) is 5.07. The van der Waals surface area contributed by atoms with Gasteiger partial charge >= 0.3 is 6.18 Å². The first kappa shape index (κ1) is 23.4. The second kappa shape index (κ2) is 9.61. The minimum atomic E-state index is -4.54. The first-order chi connectivity index (χ1) is 16.3. The number of aromatic nitrogens is 2. The van der Waals surface area contributed by atoms with Crippen LogP contribution in [0.5, 0.6) is 0 Å². The van der Waals surface area contributed by atoms with Crippen LogP contribution in [0.2, 0.25) is 0 Å². The summed E-state index contributed by atoms with van der Waals surface area (Å²) < 4.78 is 44.3. The highest BCUT2D eigenvalue weighted by Gasteiger charge is 2.31. The van der Waals surface area contributed by atoms with Crippen LogP contribution in [-0.4, -0.2) is 29.1 Å². The highest BCUT2D eigenvalue weighted by atomic mass is 19.4. The number of amides is 1. The number of aryl methyl sites for hydroxylation is 1. The Hall–Kier alpha value is -3.77. The summed E-state index contributed by atoms with van der Waals surface area (Å²) >= 11 is 0. The number of carbonyl (C=O) groups is 1. The predicted molar refractivity (Wildman–Crippen MR) is 119 cm³/mol. The highest BCUT2D eigenvalue weighted by Crippen LogP contribution is 2.32. The lowest BCUT2D eigenvalue weighted by molar-refractivity contribution is -0.137. The summed E-state index contributed by atoms with van der Waals surface area (Å²) in [5.74, 6) is -0.525. The molecule has 1 aliphatic heterocycles. The van der Waals surface area contributed by atoms with Gasteiger partial charge in [-0.25, -0.2) is 0 Å². The molecule has 4 rings (SSSR count). The van der Waals surface area contributed by atoms with Gasteiger partial charge in [0.25, 0.3) is 5.91 Å². The summed E-state index contributed by atoms with van der Waals surface area (Å²) in [7, 11) is 0. The second-order valence-corrected chi connectivity index (χ2v) is 8.04. The Kier molecular flexibility index (Phi) is 6.61. The number of alkyl halides is 3. The molecule has 174 valence electrons. The zero-order valence-electron chi connectivity index (χ0n) is 18.3.